The van der Waals surface area contributed by atoms with E-state index in [1.54, 1.807) is 6.92 Å². The summed E-state index contributed by atoms with van der Waals surface area (Å²) in [6.45, 7) is 1.76. The lowest BCUT2D eigenvalue weighted by molar-refractivity contribution is -0.116. The van der Waals surface area contributed by atoms with E-state index in [2.05, 4.69) is 10.6 Å². The lowest BCUT2D eigenvalue weighted by atomic mass is 10.1. The van der Waals surface area contributed by atoms with Crippen molar-refractivity contribution in [3.8, 4) is 0 Å². The van der Waals surface area contributed by atoms with Crippen LogP contribution in [0, 0.1) is 0 Å². The maximum atomic E-state index is 12.4. The van der Waals surface area contributed by atoms with Crippen molar-refractivity contribution in [1.82, 2.24) is 0 Å². The molecule has 3 rings (SSSR count). The van der Waals surface area contributed by atoms with E-state index in [9.17, 15) is 13.2 Å². The summed E-state index contributed by atoms with van der Waals surface area (Å²) < 4.78 is 22.5. The van der Waals surface area contributed by atoms with Gasteiger partial charge >= 0.3 is 0 Å². The number of carbonyl (C=O) groups excluding carboxylic acids is 1. The Morgan fingerprint density at radius 1 is 0.962 bits per heavy atom. The second-order valence-corrected chi connectivity index (χ2v) is 7.51. The zero-order valence-corrected chi connectivity index (χ0v) is 15.0. The first-order chi connectivity index (χ1) is 12.3. The van der Waals surface area contributed by atoms with Crippen LogP contribution < -0.4 is 15.8 Å². The summed E-state index contributed by atoms with van der Waals surface area (Å²) in [6.07, 6.45) is 0. The number of hydrogen-bond acceptors (Lipinski definition) is 4. The molecule has 3 aromatic rings. The first kappa shape index (κ1) is 17.9. The van der Waals surface area contributed by atoms with Crippen LogP contribution in [-0.4, -0.2) is 20.4 Å². The van der Waals surface area contributed by atoms with Gasteiger partial charge in [-0.3, -0.25) is 4.79 Å². The summed E-state index contributed by atoms with van der Waals surface area (Å²) in [7, 11) is -3.75. The third kappa shape index (κ3) is 4.01. The van der Waals surface area contributed by atoms with E-state index in [1.807, 2.05) is 42.5 Å². The molecule has 0 aromatic heterocycles. The number of primary sulfonamides is 1. The number of fused-ring (bicyclic) bond motifs is 1. The fourth-order valence-corrected chi connectivity index (χ4v) is 3.14. The van der Waals surface area contributed by atoms with Crippen molar-refractivity contribution in [1.29, 1.82) is 0 Å². The molecule has 0 aliphatic rings. The lowest BCUT2D eigenvalue weighted by Gasteiger charge is -2.17. The smallest absolute Gasteiger partial charge is 0.246 e. The Balaban J connectivity index is 1.72. The molecular formula is C19H19N3O3S. The van der Waals surface area contributed by atoms with Crippen LogP contribution in [0.15, 0.2) is 71.6 Å². The molecule has 0 saturated carbocycles. The standard InChI is InChI=1S/C19H19N3O3S/c1-13(21-18-8-4-6-14-5-2-3-7-17(14)18)19(23)22-15-9-11-16(12-10-15)26(20,24)25/h2-13,21H,1H3,(H,22,23)(H2,20,24,25)/t13-/m0/s1. The highest BCUT2D eigenvalue weighted by Gasteiger charge is 2.14. The van der Waals surface area contributed by atoms with Crippen LogP contribution in [-0.2, 0) is 14.8 Å². The van der Waals surface area contributed by atoms with E-state index in [-0.39, 0.29) is 10.8 Å². The van der Waals surface area contributed by atoms with Gasteiger partial charge in [0.05, 0.1) is 4.90 Å². The third-order valence-corrected chi connectivity index (χ3v) is 4.93. The molecule has 0 heterocycles. The van der Waals surface area contributed by atoms with E-state index in [4.69, 9.17) is 5.14 Å². The SMILES string of the molecule is C[C@H](Nc1cccc2ccccc12)C(=O)Nc1ccc(S(N)(=O)=O)cc1. The second kappa shape index (κ2) is 7.15. The van der Waals surface area contributed by atoms with Crippen molar-refractivity contribution < 1.29 is 13.2 Å². The Morgan fingerprint density at radius 2 is 1.62 bits per heavy atom. The summed E-state index contributed by atoms with van der Waals surface area (Å²) in [5, 5.41) is 13.1. The largest absolute Gasteiger partial charge is 0.373 e. The Hall–Kier alpha value is -2.90. The van der Waals surface area contributed by atoms with Crippen molar-refractivity contribution in [2.45, 2.75) is 17.9 Å². The Bertz CT molecular complexity index is 1040. The molecule has 0 fully saturated rings. The predicted molar refractivity (Wildman–Crippen MR) is 103 cm³/mol. The molecule has 1 amide bonds. The highest BCUT2D eigenvalue weighted by molar-refractivity contribution is 7.89. The predicted octanol–water partition coefficient (Wildman–Crippen LogP) is 2.93. The summed E-state index contributed by atoms with van der Waals surface area (Å²) >= 11 is 0. The molecule has 0 saturated heterocycles. The minimum absolute atomic E-state index is 0.00238. The Labute approximate surface area is 152 Å². The summed E-state index contributed by atoms with van der Waals surface area (Å²) in [4.78, 5) is 12.4. The zero-order valence-electron chi connectivity index (χ0n) is 14.1. The van der Waals surface area contributed by atoms with Gasteiger partial charge < -0.3 is 10.6 Å². The monoisotopic (exact) mass is 369 g/mol. The number of benzene rings is 3. The van der Waals surface area contributed by atoms with Crippen molar-refractivity contribution >= 4 is 38.1 Å². The van der Waals surface area contributed by atoms with Gasteiger partial charge in [0.1, 0.15) is 6.04 Å². The van der Waals surface area contributed by atoms with E-state index in [0.717, 1.165) is 16.5 Å². The second-order valence-electron chi connectivity index (χ2n) is 5.95. The molecule has 6 nitrogen and oxygen atoms in total. The quantitative estimate of drug-likeness (QED) is 0.643. The van der Waals surface area contributed by atoms with Crippen LogP contribution in [0.1, 0.15) is 6.92 Å². The molecule has 0 aliphatic heterocycles. The average Bonchev–Trinajstić information content (AvgIpc) is 2.61. The van der Waals surface area contributed by atoms with E-state index in [1.165, 1.54) is 24.3 Å². The molecule has 26 heavy (non-hydrogen) atoms. The van der Waals surface area contributed by atoms with Crippen LogP contribution in [0.25, 0.3) is 10.8 Å². The molecule has 4 N–H and O–H groups in total. The maximum Gasteiger partial charge on any atom is 0.246 e. The van der Waals surface area contributed by atoms with E-state index in [0.29, 0.717) is 5.69 Å². The van der Waals surface area contributed by atoms with Gasteiger partial charge in [-0.15, -0.1) is 0 Å². The molecule has 0 unspecified atom stereocenters. The van der Waals surface area contributed by atoms with Crippen LogP contribution >= 0.6 is 0 Å². The molecule has 0 bridgehead atoms. The van der Waals surface area contributed by atoms with Gasteiger partial charge in [-0.25, -0.2) is 13.6 Å². The number of nitrogens with one attached hydrogen (secondary N) is 2. The molecule has 3 aromatic carbocycles. The van der Waals surface area contributed by atoms with Crippen LogP contribution in [0.2, 0.25) is 0 Å². The lowest BCUT2D eigenvalue weighted by Crippen LogP contribution is -2.31. The molecule has 0 radical (unpaired) electrons. The Morgan fingerprint density at radius 3 is 2.31 bits per heavy atom. The first-order valence-corrected chi connectivity index (χ1v) is 9.57. The van der Waals surface area contributed by atoms with Crippen LogP contribution in [0.4, 0.5) is 11.4 Å². The van der Waals surface area contributed by atoms with Crippen LogP contribution in [0.3, 0.4) is 0 Å². The van der Waals surface area contributed by atoms with Gasteiger partial charge in [-0.2, -0.15) is 0 Å². The van der Waals surface area contributed by atoms with E-state index < -0.39 is 16.1 Å². The van der Waals surface area contributed by atoms with Crippen molar-refractivity contribution in [2.24, 2.45) is 5.14 Å². The number of sulfonamides is 1. The topological polar surface area (TPSA) is 101 Å². The van der Waals surface area contributed by atoms with Crippen LogP contribution in [0.5, 0.6) is 0 Å². The molecule has 7 heteroatoms. The number of anilines is 2. The maximum absolute atomic E-state index is 12.4. The summed E-state index contributed by atoms with van der Waals surface area (Å²) in [5.41, 5.74) is 1.37. The molecule has 134 valence electrons. The minimum atomic E-state index is -3.75. The fraction of sp³-hybridized carbons (Fsp3) is 0.105. The number of rotatable bonds is 5. The van der Waals surface area contributed by atoms with Gasteiger partial charge in [0.15, 0.2) is 0 Å². The molecule has 0 spiro atoms. The summed E-state index contributed by atoms with van der Waals surface area (Å²) in [6, 6.07) is 19.0. The zero-order chi connectivity index (χ0) is 18.7. The van der Waals surface area contributed by atoms with Gasteiger partial charge in [0.25, 0.3) is 0 Å². The first-order valence-electron chi connectivity index (χ1n) is 8.02. The molecule has 0 aliphatic carbocycles. The third-order valence-electron chi connectivity index (χ3n) is 4.01. The number of amides is 1. The molecular weight excluding hydrogens is 350 g/mol. The van der Waals surface area contributed by atoms with Crippen molar-refractivity contribution in [3.05, 3.63) is 66.7 Å². The number of nitrogens with two attached hydrogens (primary N) is 1. The molecule has 1 atom stereocenters. The van der Waals surface area contributed by atoms with Crippen molar-refractivity contribution in [3.63, 3.8) is 0 Å². The highest BCUT2D eigenvalue weighted by atomic mass is 32.2. The normalized spacial score (nSPS) is 12.5. The van der Waals surface area contributed by atoms with Gasteiger partial charge in [0.2, 0.25) is 15.9 Å². The number of hydrogen-bond donors (Lipinski definition) is 3. The van der Waals surface area contributed by atoms with E-state index >= 15 is 0 Å². The van der Waals surface area contributed by atoms with Gasteiger partial charge in [-0.05, 0) is 42.6 Å². The minimum Gasteiger partial charge on any atom is -0.373 e. The van der Waals surface area contributed by atoms with Gasteiger partial charge in [-0.1, -0.05) is 36.4 Å². The average molecular weight is 369 g/mol. The van der Waals surface area contributed by atoms with Crippen molar-refractivity contribution in [2.75, 3.05) is 10.6 Å². The number of carbonyl (C=O) groups is 1. The Kier molecular flexibility index (Phi) is 4.92. The summed E-state index contributed by atoms with van der Waals surface area (Å²) in [5.74, 6) is -0.235. The van der Waals surface area contributed by atoms with Gasteiger partial charge in [0, 0.05) is 16.8 Å². The fourth-order valence-electron chi connectivity index (χ4n) is 2.63. The highest BCUT2D eigenvalue weighted by Crippen LogP contribution is 2.23.